The fourth-order valence-corrected chi connectivity index (χ4v) is 7.20. The number of ether oxygens (including phenoxy) is 6. The Hall–Kier alpha value is -2.02. The van der Waals surface area contributed by atoms with E-state index in [9.17, 15) is 45.3 Å². The quantitative estimate of drug-likeness (QED) is 0.0246. The Labute approximate surface area is 364 Å². The third-order valence-corrected chi connectivity index (χ3v) is 11.2. The predicted octanol–water partition coefficient (Wildman–Crippen LogP) is 5.21. The Bertz CT molecular complexity index is 1170. The average Bonchev–Trinajstić information content (AvgIpc) is 3.25. The van der Waals surface area contributed by atoms with E-state index in [0.717, 1.165) is 64.2 Å². The molecule has 7 N–H and O–H groups in total. The number of allylic oxidation sites excluding steroid dienone is 4. The zero-order valence-electron chi connectivity index (χ0n) is 37.1. The molecule has 0 aromatic rings. The molecule has 4 unspecified atom stereocenters. The summed E-state index contributed by atoms with van der Waals surface area (Å²) in [5.41, 5.74) is 0. The normalized spacial score (nSPS) is 27.5. The van der Waals surface area contributed by atoms with Crippen LogP contribution in [-0.4, -0.2) is 142 Å². The maximum atomic E-state index is 12.9. The van der Waals surface area contributed by atoms with Crippen LogP contribution in [-0.2, 0) is 38.0 Å². The first kappa shape index (κ1) is 55.1. The van der Waals surface area contributed by atoms with Crippen LogP contribution in [0.2, 0.25) is 0 Å². The average molecular weight is 875 g/mol. The van der Waals surface area contributed by atoms with Gasteiger partial charge in [0, 0.05) is 12.8 Å². The zero-order chi connectivity index (χ0) is 44.7. The fraction of sp³-hybridized carbons (Fsp3) is 0.870. The molecule has 0 saturated carbocycles. The van der Waals surface area contributed by atoms with Gasteiger partial charge >= 0.3 is 11.9 Å². The minimum Gasteiger partial charge on any atom is -0.462 e. The number of hydrogen-bond acceptors (Lipinski definition) is 15. The highest BCUT2D eigenvalue weighted by atomic mass is 16.7. The van der Waals surface area contributed by atoms with Crippen molar-refractivity contribution in [3.05, 3.63) is 24.3 Å². The van der Waals surface area contributed by atoms with Crippen LogP contribution in [0.1, 0.15) is 162 Å². The third kappa shape index (κ3) is 23.5. The van der Waals surface area contributed by atoms with E-state index in [-0.39, 0.29) is 26.1 Å². The first-order valence-electron chi connectivity index (χ1n) is 23.4. The summed E-state index contributed by atoms with van der Waals surface area (Å²) in [5.74, 6) is -0.955. The van der Waals surface area contributed by atoms with Crippen LogP contribution in [0.5, 0.6) is 0 Å². The van der Waals surface area contributed by atoms with Gasteiger partial charge in [0.25, 0.3) is 0 Å². The first-order chi connectivity index (χ1) is 29.5. The molecule has 2 aliphatic rings. The molecule has 2 aliphatic heterocycles. The highest BCUT2D eigenvalue weighted by Gasteiger charge is 2.47. The van der Waals surface area contributed by atoms with Gasteiger partial charge in [-0.3, -0.25) is 9.59 Å². The number of unbranched alkanes of at least 4 members (excludes halogenated alkanes) is 17. The molecule has 0 radical (unpaired) electrons. The number of esters is 2. The summed E-state index contributed by atoms with van der Waals surface area (Å²) >= 11 is 0. The van der Waals surface area contributed by atoms with E-state index in [0.29, 0.717) is 12.8 Å². The Kier molecular flexibility index (Phi) is 31.1. The summed E-state index contributed by atoms with van der Waals surface area (Å²) < 4.78 is 33.4. The van der Waals surface area contributed by atoms with Crippen LogP contribution < -0.4 is 0 Å². The molecule has 0 aromatic carbocycles. The first-order valence-corrected chi connectivity index (χ1v) is 23.4. The molecule has 2 heterocycles. The van der Waals surface area contributed by atoms with Gasteiger partial charge in [0.2, 0.25) is 0 Å². The molecule has 2 fully saturated rings. The monoisotopic (exact) mass is 875 g/mol. The molecule has 11 atom stereocenters. The van der Waals surface area contributed by atoms with Crippen molar-refractivity contribution in [2.75, 3.05) is 26.4 Å². The molecule has 0 bridgehead atoms. The lowest BCUT2D eigenvalue weighted by Crippen LogP contribution is -2.61. The largest absolute Gasteiger partial charge is 0.462 e. The van der Waals surface area contributed by atoms with Gasteiger partial charge in [-0.15, -0.1) is 0 Å². The minimum absolute atomic E-state index is 0.153. The molecular formula is C46H82O15. The second-order valence-electron chi connectivity index (χ2n) is 16.6. The molecule has 15 nitrogen and oxygen atoms in total. The lowest BCUT2D eigenvalue weighted by molar-refractivity contribution is -0.332. The Morgan fingerprint density at radius 2 is 0.934 bits per heavy atom. The van der Waals surface area contributed by atoms with Crippen molar-refractivity contribution in [2.24, 2.45) is 0 Å². The molecule has 0 aliphatic carbocycles. The van der Waals surface area contributed by atoms with Crippen LogP contribution in [0.15, 0.2) is 24.3 Å². The standard InChI is InChI=1S/C46H82O15/c1-3-5-7-9-11-13-15-17-19-20-22-24-26-28-37(48)56-31-34(59-38(49)29-27-25-23-21-18-16-14-12-10-8-6-4-2)32-57-45-44(55)42(53)40(51)36(61-45)33-58-46-43(54)41(52)39(50)35(30-47)60-46/h12,14,17,19,34-36,39-47,50-55H,3-11,13,15-16,18,20-33H2,1-2H3/b14-12+,19-17+/t34-,35-,36-,39+,40+,41?,42?,43?,44?,45-,46-/m1/s1. The maximum Gasteiger partial charge on any atom is 0.306 e. The lowest BCUT2D eigenvalue weighted by atomic mass is 9.98. The molecule has 0 aromatic heterocycles. The summed E-state index contributed by atoms with van der Waals surface area (Å²) in [7, 11) is 0. The second kappa shape index (κ2) is 34.4. The van der Waals surface area contributed by atoms with Gasteiger partial charge in [0.05, 0.1) is 19.8 Å². The van der Waals surface area contributed by atoms with E-state index < -0.39 is 92.7 Å². The van der Waals surface area contributed by atoms with Crippen molar-refractivity contribution in [2.45, 2.75) is 229 Å². The van der Waals surface area contributed by atoms with Crippen molar-refractivity contribution in [1.29, 1.82) is 0 Å². The summed E-state index contributed by atoms with van der Waals surface area (Å²) in [6.45, 7) is 2.51. The lowest BCUT2D eigenvalue weighted by Gasteiger charge is -2.42. The summed E-state index contributed by atoms with van der Waals surface area (Å²) in [4.78, 5) is 25.6. The predicted molar refractivity (Wildman–Crippen MR) is 229 cm³/mol. The zero-order valence-corrected chi connectivity index (χ0v) is 37.1. The molecular weight excluding hydrogens is 792 g/mol. The molecule has 0 spiro atoms. The second-order valence-corrected chi connectivity index (χ2v) is 16.6. The van der Waals surface area contributed by atoms with Crippen molar-refractivity contribution >= 4 is 11.9 Å². The minimum atomic E-state index is -1.77. The number of rotatable bonds is 35. The third-order valence-electron chi connectivity index (χ3n) is 11.2. The van der Waals surface area contributed by atoms with Gasteiger partial charge in [0.15, 0.2) is 18.7 Å². The maximum absolute atomic E-state index is 12.9. The van der Waals surface area contributed by atoms with Crippen LogP contribution in [0.4, 0.5) is 0 Å². The van der Waals surface area contributed by atoms with E-state index in [1.807, 2.05) is 0 Å². The van der Waals surface area contributed by atoms with Gasteiger partial charge < -0.3 is 64.2 Å². The number of aliphatic hydroxyl groups excluding tert-OH is 7. The van der Waals surface area contributed by atoms with Gasteiger partial charge in [-0.1, -0.05) is 109 Å². The Balaban J connectivity index is 1.86. The Morgan fingerprint density at radius 3 is 1.49 bits per heavy atom. The molecule has 2 saturated heterocycles. The van der Waals surface area contributed by atoms with Crippen LogP contribution in [0.3, 0.4) is 0 Å². The Morgan fingerprint density at radius 1 is 0.508 bits per heavy atom. The molecule has 15 heteroatoms. The van der Waals surface area contributed by atoms with E-state index in [4.69, 9.17) is 28.4 Å². The van der Waals surface area contributed by atoms with Crippen molar-refractivity contribution in [3.63, 3.8) is 0 Å². The highest BCUT2D eigenvalue weighted by molar-refractivity contribution is 5.70. The molecule has 0 amide bonds. The van der Waals surface area contributed by atoms with Crippen LogP contribution in [0, 0.1) is 0 Å². The number of carbonyl (C=O) groups excluding carboxylic acids is 2. The number of hydrogen-bond donors (Lipinski definition) is 7. The topological polar surface area (TPSA) is 231 Å². The summed E-state index contributed by atoms with van der Waals surface area (Å²) in [5, 5.41) is 71.8. The van der Waals surface area contributed by atoms with Gasteiger partial charge in [0.1, 0.15) is 55.4 Å². The van der Waals surface area contributed by atoms with E-state index in [1.165, 1.54) is 57.8 Å². The highest BCUT2D eigenvalue weighted by Crippen LogP contribution is 2.26. The number of carbonyl (C=O) groups is 2. The SMILES string of the molecule is CCCCC/C=C/CCCCCCCC(=O)O[C@H](COC(=O)CCCCC/C=C/CCCCCCCC)CO[C@@H]1O[C@H](CO[C@@H]2O[C@H](CO)[C@H](O)C(O)C2O)[C@H](O)C(O)C1O. The fourth-order valence-electron chi connectivity index (χ4n) is 7.20. The summed E-state index contributed by atoms with van der Waals surface area (Å²) in [6.07, 6.45) is 15.1. The van der Waals surface area contributed by atoms with E-state index in [1.54, 1.807) is 0 Å². The summed E-state index contributed by atoms with van der Waals surface area (Å²) in [6, 6.07) is 0. The number of aliphatic hydroxyl groups is 7. The van der Waals surface area contributed by atoms with Crippen molar-refractivity contribution < 1.29 is 73.8 Å². The van der Waals surface area contributed by atoms with Crippen LogP contribution in [0.25, 0.3) is 0 Å². The smallest absolute Gasteiger partial charge is 0.306 e. The van der Waals surface area contributed by atoms with Gasteiger partial charge in [-0.25, -0.2) is 0 Å². The van der Waals surface area contributed by atoms with E-state index in [2.05, 4.69) is 38.2 Å². The van der Waals surface area contributed by atoms with Crippen molar-refractivity contribution in [3.8, 4) is 0 Å². The molecule has 356 valence electrons. The molecule has 2 rings (SSSR count). The van der Waals surface area contributed by atoms with Crippen molar-refractivity contribution in [1.82, 2.24) is 0 Å². The molecule has 61 heavy (non-hydrogen) atoms. The van der Waals surface area contributed by atoms with Gasteiger partial charge in [-0.05, 0) is 64.2 Å². The van der Waals surface area contributed by atoms with Crippen LogP contribution >= 0.6 is 0 Å². The van der Waals surface area contributed by atoms with E-state index >= 15 is 0 Å². The van der Waals surface area contributed by atoms with Gasteiger partial charge in [-0.2, -0.15) is 0 Å².